The van der Waals surface area contributed by atoms with E-state index >= 15 is 0 Å². The maximum atomic E-state index is 13.3. The Labute approximate surface area is 193 Å². The Hall–Kier alpha value is -3.44. The van der Waals surface area contributed by atoms with E-state index in [1.807, 2.05) is 24.3 Å². The average molecular weight is 440 g/mol. The fourth-order valence-corrected chi connectivity index (χ4v) is 5.24. The molecular weight excluding hydrogens is 410 g/mol. The standard InChI is InChI=1S/C28H29N3O2/c1-28(2,22-10-7-9-19-18(22)14-15-25(19)31(3)4)30-27(33)17-12-13-21-24(16-17)29-23-11-6-5-8-20(23)26(21)32/h5-13,16,25H,14-15H2,1-4H3,(H,29,32)(H,30,33). The van der Waals surface area contributed by atoms with E-state index in [0.717, 1.165) is 23.9 Å². The molecule has 1 heterocycles. The van der Waals surface area contributed by atoms with Crippen LogP contribution in [-0.4, -0.2) is 29.9 Å². The molecule has 2 N–H and O–H groups in total. The molecule has 0 aliphatic heterocycles. The second-order valence-electron chi connectivity index (χ2n) is 9.73. The largest absolute Gasteiger partial charge is 0.354 e. The van der Waals surface area contributed by atoms with Crippen LogP contribution in [0.2, 0.25) is 0 Å². The summed E-state index contributed by atoms with van der Waals surface area (Å²) in [6.07, 6.45) is 2.10. The summed E-state index contributed by atoms with van der Waals surface area (Å²) < 4.78 is 0. The maximum absolute atomic E-state index is 13.3. The molecule has 0 saturated heterocycles. The van der Waals surface area contributed by atoms with Crippen molar-refractivity contribution >= 4 is 27.7 Å². The van der Waals surface area contributed by atoms with E-state index in [-0.39, 0.29) is 11.3 Å². The third kappa shape index (κ3) is 3.62. The molecule has 1 atom stereocenters. The lowest BCUT2D eigenvalue weighted by atomic mass is 9.87. The fourth-order valence-electron chi connectivity index (χ4n) is 5.24. The van der Waals surface area contributed by atoms with Crippen LogP contribution < -0.4 is 10.7 Å². The minimum absolute atomic E-state index is 0.0260. The van der Waals surface area contributed by atoms with Crippen molar-refractivity contribution in [2.45, 2.75) is 38.3 Å². The van der Waals surface area contributed by atoms with Crippen LogP contribution in [-0.2, 0) is 12.0 Å². The summed E-state index contributed by atoms with van der Waals surface area (Å²) in [6, 6.07) is 19.5. The number of nitrogens with zero attached hydrogens (tertiary/aromatic N) is 1. The summed E-state index contributed by atoms with van der Waals surface area (Å²) >= 11 is 0. The highest BCUT2D eigenvalue weighted by Crippen LogP contribution is 2.39. The number of pyridine rings is 1. The van der Waals surface area contributed by atoms with Crippen molar-refractivity contribution in [1.29, 1.82) is 0 Å². The highest BCUT2D eigenvalue weighted by atomic mass is 16.1. The van der Waals surface area contributed by atoms with Crippen LogP contribution >= 0.6 is 0 Å². The van der Waals surface area contributed by atoms with E-state index in [1.54, 1.807) is 18.2 Å². The van der Waals surface area contributed by atoms with Gasteiger partial charge in [-0.2, -0.15) is 0 Å². The van der Waals surface area contributed by atoms with Crippen molar-refractivity contribution in [3.63, 3.8) is 0 Å². The number of amides is 1. The third-order valence-electron chi connectivity index (χ3n) is 6.93. The molecule has 0 fully saturated rings. The minimum Gasteiger partial charge on any atom is -0.354 e. The van der Waals surface area contributed by atoms with Gasteiger partial charge in [-0.3, -0.25) is 9.59 Å². The monoisotopic (exact) mass is 439 g/mol. The Morgan fingerprint density at radius 2 is 1.76 bits per heavy atom. The van der Waals surface area contributed by atoms with Crippen molar-refractivity contribution < 1.29 is 4.79 Å². The van der Waals surface area contributed by atoms with E-state index in [0.29, 0.717) is 27.9 Å². The van der Waals surface area contributed by atoms with Gasteiger partial charge in [0.15, 0.2) is 5.43 Å². The number of benzene rings is 3. The topological polar surface area (TPSA) is 65.2 Å². The van der Waals surface area contributed by atoms with Crippen LogP contribution in [0.3, 0.4) is 0 Å². The first-order valence-corrected chi connectivity index (χ1v) is 11.4. The molecule has 1 amide bonds. The Morgan fingerprint density at radius 3 is 2.55 bits per heavy atom. The van der Waals surface area contributed by atoms with Crippen LogP contribution in [0, 0.1) is 0 Å². The molecule has 1 aromatic heterocycles. The first-order chi connectivity index (χ1) is 15.8. The molecule has 5 heteroatoms. The van der Waals surface area contributed by atoms with Gasteiger partial charge in [-0.1, -0.05) is 30.3 Å². The van der Waals surface area contributed by atoms with E-state index in [9.17, 15) is 9.59 Å². The fraction of sp³-hybridized carbons (Fsp3) is 0.286. The van der Waals surface area contributed by atoms with Crippen LogP contribution in [0.1, 0.15) is 53.4 Å². The smallest absolute Gasteiger partial charge is 0.252 e. The molecule has 168 valence electrons. The summed E-state index contributed by atoms with van der Waals surface area (Å²) in [5.74, 6) is -0.157. The number of H-pyrrole nitrogens is 1. The lowest BCUT2D eigenvalue weighted by Gasteiger charge is -2.30. The molecule has 4 aromatic rings. The van der Waals surface area contributed by atoms with E-state index in [4.69, 9.17) is 0 Å². The van der Waals surface area contributed by atoms with Crippen LogP contribution in [0.4, 0.5) is 0 Å². The van der Waals surface area contributed by atoms with Gasteiger partial charge in [-0.15, -0.1) is 0 Å². The summed E-state index contributed by atoms with van der Waals surface area (Å²) in [4.78, 5) is 31.7. The van der Waals surface area contributed by atoms with Crippen LogP contribution in [0.5, 0.6) is 0 Å². The van der Waals surface area contributed by atoms with E-state index < -0.39 is 5.54 Å². The number of nitrogens with one attached hydrogen (secondary N) is 2. The lowest BCUT2D eigenvalue weighted by Crippen LogP contribution is -2.41. The average Bonchev–Trinajstić information content (AvgIpc) is 3.23. The molecule has 33 heavy (non-hydrogen) atoms. The SMILES string of the molecule is CN(C)C1CCc2c1cccc2C(C)(C)NC(=O)c1ccc2c(=O)c3ccccc3[nH]c2c1. The number of aromatic nitrogens is 1. The molecular formula is C28H29N3O2. The second-order valence-corrected chi connectivity index (χ2v) is 9.73. The molecule has 5 nitrogen and oxygen atoms in total. The molecule has 1 aliphatic rings. The summed E-state index contributed by atoms with van der Waals surface area (Å²) in [5, 5.41) is 4.47. The number of para-hydroxylation sites is 1. The maximum Gasteiger partial charge on any atom is 0.252 e. The number of rotatable bonds is 4. The van der Waals surface area contributed by atoms with Gasteiger partial charge in [-0.25, -0.2) is 0 Å². The Kier molecular flexibility index (Phi) is 5.09. The minimum atomic E-state index is -0.532. The summed E-state index contributed by atoms with van der Waals surface area (Å²) in [5.41, 5.74) is 5.27. The van der Waals surface area contributed by atoms with Crippen molar-refractivity contribution in [2.24, 2.45) is 0 Å². The quantitative estimate of drug-likeness (QED) is 0.445. The predicted molar refractivity (Wildman–Crippen MR) is 134 cm³/mol. The molecule has 3 aromatic carbocycles. The number of fused-ring (bicyclic) bond motifs is 3. The van der Waals surface area contributed by atoms with Gasteiger partial charge in [0, 0.05) is 27.9 Å². The van der Waals surface area contributed by atoms with E-state index in [2.05, 4.69) is 61.3 Å². The molecule has 1 unspecified atom stereocenters. The highest BCUT2D eigenvalue weighted by Gasteiger charge is 2.32. The van der Waals surface area contributed by atoms with Gasteiger partial charge in [0.05, 0.1) is 11.1 Å². The van der Waals surface area contributed by atoms with Gasteiger partial charge >= 0.3 is 0 Å². The highest BCUT2D eigenvalue weighted by molar-refractivity contribution is 6.00. The molecule has 0 bridgehead atoms. The molecule has 0 radical (unpaired) electrons. The number of carbonyl (C=O) groups is 1. The third-order valence-corrected chi connectivity index (χ3v) is 6.93. The van der Waals surface area contributed by atoms with Gasteiger partial charge in [0.25, 0.3) is 5.91 Å². The Balaban J connectivity index is 1.48. The Morgan fingerprint density at radius 1 is 1.00 bits per heavy atom. The van der Waals surface area contributed by atoms with Gasteiger partial charge in [0.1, 0.15) is 0 Å². The lowest BCUT2D eigenvalue weighted by molar-refractivity contribution is 0.0912. The van der Waals surface area contributed by atoms with Crippen molar-refractivity contribution in [3.8, 4) is 0 Å². The van der Waals surface area contributed by atoms with Gasteiger partial charge in [-0.05, 0) is 87.8 Å². The zero-order valence-corrected chi connectivity index (χ0v) is 19.5. The summed E-state index contributed by atoms with van der Waals surface area (Å²) in [6.45, 7) is 4.11. The van der Waals surface area contributed by atoms with Crippen LogP contribution in [0.25, 0.3) is 21.8 Å². The first kappa shape index (κ1) is 21.4. The van der Waals surface area contributed by atoms with E-state index in [1.165, 1.54) is 11.1 Å². The zero-order valence-electron chi connectivity index (χ0n) is 19.5. The van der Waals surface area contributed by atoms with Gasteiger partial charge in [0.2, 0.25) is 0 Å². The van der Waals surface area contributed by atoms with Crippen molar-refractivity contribution in [3.05, 3.63) is 93.1 Å². The summed E-state index contributed by atoms with van der Waals surface area (Å²) in [7, 11) is 4.24. The van der Waals surface area contributed by atoms with Crippen molar-refractivity contribution in [1.82, 2.24) is 15.2 Å². The van der Waals surface area contributed by atoms with Crippen LogP contribution in [0.15, 0.2) is 65.5 Å². The zero-order chi connectivity index (χ0) is 23.3. The number of hydrogen-bond acceptors (Lipinski definition) is 3. The normalized spacial score (nSPS) is 15.8. The molecule has 5 rings (SSSR count). The second kappa shape index (κ2) is 7.85. The van der Waals surface area contributed by atoms with Gasteiger partial charge < -0.3 is 15.2 Å². The first-order valence-electron chi connectivity index (χ1n) is 11.4. The predicted octanol–water partition coefficient (Wildman–Crippen LogP) is 4.90. The Bertz CT molecular complexity index is 1450. The number of hydrogen-bond donors (Lipinski definition) is 2. The number of carbonyl (C=O) groups excluding carboxylic acids is 1. The molecule has 1 aliphatic carbocycles. The molecule has 0 spiro atoms. The van der Waals surface area contributed by atoms with Crippen molar-refractivity contribution in [2.75, 3.05) is 14.1 Å². The molecule has 0 saturated carbocycles. The number of aromatic amines is 1.